The van der Waals surface area contributed by atoms with Crippen molar-refractivity contribution in [3.63, 3.8) is 0 Å². The SMILES string of the molecule is COc1cc(N)ccc1OC(C)C(=O)NC1CC1. The molecule has 1 atom stereocenters. The number of anilines is 1. The van der Waals surface area contributed by atoms with Gasteiger partial charge in [0, 0.05) is 17.8 Å². The van der Waals surface area contributed by atoms with Gasteiger partial charge in [0.2, 0.25) is 0 Å². The van der Waals surface area contributed by atoms with E-state index in [4.69, 9.17) is 15.2 Å². The molecule has 0 bridgehead atoms. The monoisotopic (exact) mass is 250 g/mol. The van der Waals surface area contributed by atoms with E-state index in [1.54, 1.807) is 25.1 Å². The second kappa shape index (κ2) is 5.16. The molecule has 0 saturated heterocycles. The summed E-state index contributed by atoms with van der Waals surface area (Å²) in [6, 6.07) is 5.41. The van der Waals surface area contributed by atoms with E-state index in [-0.39, 0.29) is 5.91 Å². The first-order valence-electron chi connectivity index (χ1n) is 6.00. The summed E-state index contributed by atoms with van der Waals surface area (Å²) in [5.74, 6) is 0.947. The molecule has 1 aromatic rings. The molecule has 0 aromatic heterocycles. The first kappa shape index (κ1) is 12.5. The highest BCUT2D eigenvalue weighted by molar-refractivity contribution is 5.81. The van der Waals surface area contributed by atoms with Crippen molar-refractivity contribution in [3.05, 3.63) is 18.2 Å². The normalized spacial score (nSPS) is 15.9. The summed E-state index contributed by atoms with van der Waals surface area (Å²) in [6.45, 7) is 1.72. The summed E-state index contributed by atoms with van der Waals surface area (Å²) >= 11 is 0. The van der Waals surface area contributed by atoms with Crippen molar-refractivity contribution in [2.24, 2.45) is 0 Å². The second-order valence-corrected chi connectivity index (χ2v) is 4.45. The van der Waals surface area contributed by atoms with Gasteiger partial charge in [0.05, 0.1) is 7.11 Å². The van der Waals surface area contributed by atoms with Crippen LogP contribution in [0.15, 0.2) is 18.2 Å². The maximum atomic E-state index is 11.8. The van der Waals surface area contributed by atoms with Crippen LogP contribution in [0.1, 0.15) is 19.8 Å². The van der Waals surface area contributed by atoms with Gasteiger partial charge in [-0.15, -0.1) is 0 Å². The van der Waals surface area contributed by atoms with Gasteiger partial charge in [-0.05, 0) is 31.9 Å². The molecule has 1 aliphatic rings. The maximum Gasteiger partial charge on any atom is 0.260 e. The van der Waals surface area contributed by atoms with Crippen LogP contribution in [-0.4, -0.2) is 25.2 Å². The number of hydrogen-bond acceptors (Lipinski definition) is 4. The molecule has 1 aliphatic carbocycles. The maximum absolute atomic E-state index is 11.8. The largest absolute Gasteiger partial charge is 0.493 e. The van der Waals surface area contributed by atoms with Crippen molar-refractivity contribution >= 4 is 11.6 Å². The predicted octanol–water partition coefficient (Wildman–Crippen LogP) is 1.32. The van der Waals surface area contributed by atoms with Crippen LogP contribution in [0.4, 0.5) is 5.69 Å². The van der Waals surface area contributed by atoms with Gasteiger partial charge in [-0.3, -0.25) is 4.79 Å². The summed E-state index contributed by atoms with van der Waals surface area (Å²) in [5, 5.41) is 2.89. The number of methoxy groups -OCH3 is 1. The molecule has 0 radical (unpaired) electrons. The first-order valence-corrected chi connectivity index (χ1v) is 6.00. The van der Waals surface area contributed by atoms with Gasteiger partial charge in [0.25, 0.3) is 5.91 Å². The summed E-state index contributed by atoms with van der Waals surface area (Å²) in [6.07, 6.45) is 1.57. The van der Waals surface area contributed by atoms with Crippen LogP contribution in [-0.2, 0) is 4.79 Å². The molecule has 2 rings (SSSR count). The van der Waals surface area contributed by atoms with Gasteiger partial charge >= 0.3 is 0 Å². The van der Waals surface area contributed by atoms with Gasteiger partial charge < -0.3 is 20.5 Å². The molecule has 0 aliphatic heterocycles. The van der Waals surface area contributed by atoms with Crippen molar-refractivity contribution in [2.45, 2.75) is 31.9 Å². The van der Waals surface area contributed by atoms with Gasteiger partial charge in [-0.2, -0.15) is 0 Å². The number of nitrogens with one attached hydrogen (secondary N) is 1. The zero-order valence-electron chi connectivity index (χ0n) is 10.6. The quantitative estimate of drug-likeness (QED) is 0.773. The lowest BCUT2D eigenvalue weighted by molar-refractivity contribution is -0.127. The van der Waals surface area contributed by atoms with E-state index >= 15 is 0 Å². The van der Waals surface area contributed by atoms with Gasteiger partial charge in [-0.25, -0.2) is 0 Å². The first-order chi connectivity index (χ1) is 8.60. The molecule has 3 N–H and O–H groups in total. The Labute approximate surface area is 106 Å². The van der Waals surface area contributed by atoms with E-state index in [0.717, 1.165) is 12.8 Å². The van der Waals surface area contributed by atoms with Crippen LogP contribution in [0.2, 0.25) is 0 Å². The highest BCUT2D eigenvalue weighted by Crippen LogP contribution is 2.30. The molecule has 1 saturated carbocycles. The van der Waals surface area contributed by atoms with Crippen LogP contribution in [0.5, 0.6) is 11.5 Å². The third-order valence-corrected chi connectivity index (χ3v) is 2.78. The zero-order chi connectivity index (χ0) is 13.1. The zero-order valence-corrected chi connectivity index (χ0v) is 10.6. The second-order valence-electron chi connectivity index (χ2n) is 4.45. The molecule has 5 heteroatoms. The lowest BCUT2D eigenvalue weighted by Gasteiger charge is -2.16. The minimum atomic E-state index is -0.553. The van der Waals surface area contributed by atoms with E-state index in [9.17, 15) is 4.79 Å². The van der Waals surface area contributed by atoms with Crippen molar-refractivity contribution < 1.29 is 14.3 Å². The standard InChI is InChI=1S/C13H18N2O3/c1-8(13(16)15-10-4-5-10)18-11-6-3-9(14)7-12(11)17-2/h3,6-8,10H,4-5,14H2,1-2H3,(H,15,16). The minimum absolute atomic E-state index is 0.101. The molecule has 1 fully saturated rings. The topological polar surface area (TPSA) is 73.6 Å². The molecule has 18 heavy (non-hydrogen) atoms. The average Bonchev–Trinajstić information content (AvgIpc) is 3.15. The summed E-state index contributed by atoms with van der Waals surface area (Å²) in [7, 11) is 1.54. The van der Waals surface area contributed by atoms with Crippen molar-refractivity contribution in [2.75, 3.05) is 12.8 Å². The highest BCUT2D eigenvalue weighted by Gasteiger charge is 2.26. The van der Waals surface area contributed by atoms with Gasteiger partial charge in [-0.1, -0.05) is 0 Å². The Kier molecular flexibility index (Phi) is 3.60. The van der Waals surface area contributed by atoms with Gasteiger partial charge in [0.1, 0.15) is 0 Å². The average molecular weight is 250 g/mol. The van der Waals surface area contributed by atoms with E-state index < -0.39 is 6.10 Å². The van der Waals surface area contributed by atoms with Crippen LogP contribution >= 0.6 is 0 Å². The Morgan fingerprint density at radius 3 is 2.78 bits per heavy atom. The number of nitrogen functional groups attached to an aromatic ring is 1. The Hall–Kier alpha value is -1.91. The molecule has 0 heterocycles. The predicted molar refractivity (Wildman–Crippen MR) is 68.7 cm³/mol. The van der Waals surface area contributed by atoms with Crippen LogP contribution < -0.4 is 20.5 Å². The van der Waals surface area contributed by atoms with Crippen molar-refractivity contribution in [3.8, 4) is 11.5 Å². The van der Waals surface area contributed by atoms with E-state index in [1.807, 2.05) is 0 Å². The number of ether oxygens (including phenoxy) is 2. The molecule has 1 unspecified atom stereocenters. The summed E-state index contributed by atoms with van der Waals surface area (Å²) in [5.41, 5.74) is 6.24. The Morgan fingerprint density at radius 2 is 2.17 bits per heavy atom. The molecular weight excluding hydrogens is 232 g/mol. The molecule has 1 amide bonds. The number of carbonyl (C=O) groups excluding carboxylic acids is 1. The number of hydrogen-bond donors (Lipinski definition) is 2. The van der Waals surface area contributed by atoms with Crippen molar-refractivity contribution in [1.82, 2.24) is 5.32 Å². The summed E-state index contributed by atoms with van der Waals surface area (Å²) < 4.78 is 10.8. The molecule has 98 valence electrons. The smallest absolute Gasteiger partial charge is 0.260 e. The Bertz CT molecular complexity index is 444. The Morgan fingerprint density at radius 1 is 1.44 bits per heavy atom. The van der Waals surface area contributed by atoms with Crippen LogP contribution in [0.3, 0.4) is 0 Å². The van der Waals surface area contributed by atoms with E-state index in [0.29, 0.717) is 23.2 Å². The van der Waals surface area contributed by atoms with Gasteiger partial charge in [0.15, 0.2) is 17.6 Å². The molecule has 0 spiro atoms. The lowest BCUT2D eigenvalue weighted by atomic mass is 10.2. The number of benzene rings is 1. The summed E-state index contributed by atoms with van der Waals surface area (Å²) in [4.78, 5) is 11.8. The number of amides is 1. The third-order valence-electron chi connectivity index (χ3n) is 2.78. The lowest BCUT2D eigenvalue weighted by Crippen LogP contribution is -2.37. The fraction of sp³-hybridized carbons (Fsp3) is 0.462. The minimum Gasteiger partial charge on any atom is -0.493 e. The van der Waals surface area contributed by atoms with E-state index in [1.165, 1.54) is 7.11 Å². The highest BCUT2D eigenvalue weighted by atomic mass is 16.5. The van der Waals surface area contributed by atoms with Crippen LogP contribution in [0, 0.1) is 0 Å². The fourth-order valence-electron chi connectivity index (χ4n) is 1.57. The number of nitrogens with two attached hydrogens (primary N) is 1. The Balaban J connectivity index is 2.00. The van der Waals surface area contributed by atoms with Crippen LogP contribution in [0.25, 0.3) is 0 Å². The van der Waals surface area contributed by atoms with E-state index in [2.05, 4.69) is 5.32 Å². The third kappa shape index (κ3) is 3.06. The number of rotatable bonds is 5. The molecular formula is C13H18N2O3. The number of carbonyl (C=O) groups is 1. The molecule has 1 aromatic carbocycles. The van der Waals surface area contributed by atoms with Crippen molar-refractivity contribution in [1.29, 1.82) is 0 Å². The fourth-order valence-corrected chi connectivity index (χ4v) is 1.57. The molecule has 5 nitrogen and oxygen atoms in total.